The minimum Gasteiger partial charge on any atom is -0.445 e. The maximum atomic E-state index is 15.7. The molecule has 320 valence electrons. The highest BCUT2D eigenvalue weighted by atomic mass is 19.3. The van der Waals surface area contributed by atoms with Crippen molar-refractivity contribution in [2.75, 3.05) is 6.54 Å². The van der Waals surface area contributed by atoms with Crippen LogP contribution in [0.3, 0.4) is 0 Å². The number of nitrogens with zero attached hydrogens (tertiary/aromatic N) is 1. The van der Waals surface area contributed by atoms with Gasteiger partial charge in [-0.2, -0.15) is 8.78 Å². The number of carbonyl (C=O) groups excluding carboxylic acids is 6. The number of halogens is 2. The van der Waals surface area contributed by atoms with Crippen molar-refractivity contribution in [1.82, 2.24) is 36.6 Å². The lowest BCUT2D eigenvalue weighted by molar-refractivity contribution is -0.148. The summed E-state index contributed by atoms with van der Waals surface area (Å²) in [6, 6.07) is 22.2. The van der Waals surface area contributed by atoms with Gasteiger partial charge in [-0.15, -0.1) is 0 Å². The molecular formula is C44H53F2N7O7. The molecule has 4 aromatic rings. The number of imidazole rings is 1. The van der Waals surface area contributed by atoms with Crippen molar-refractivity contribution < 1.29 is 42.3 Å². The Morgan fingerprint density at radius 3 is 1.75 bits per heavy atom. The number of hydrogen-bond acceptors (Lipinski definition) is 8. The van der Waals surface area contributed by atoms with Crippen molar-refractivity contribution >= 4 is 35.5 Å². The van der Waals surface area contributed by atoms with Gasteiger partial charge in [0.05, 0.1) is 18.9 Å². The summed E-state index contributed by atoms with van der Waals surface area (Å²) >= 11 is 0. The van der Waals surface area contributed by atoms with Gasteiger partial charge >= 0.3 is 12.0 Å². The van der Waals surface area contributed by atoms with Gasteiger partial charge in [-0.05, 0) is 34.9 Å². The molecule has 1 heterocycles. The normalized spacial score (nSPS) is 13.3. The summed E-state index contributed by atoms with van der Waals surface area (Å²) in [5.74, 6) is -11.5. The fourth-order valence-corrected chi connectivity index (χ4v) is 6.31. The number of aromatic amines is 1. The van der Waals surface area contributed by atoms with Gasteiger partial charge in [-0.1, -0.05) is 119 Å². The van der Waals surface area contributed by atoms with Crippen LogP contribution in [-0.2, 0) is 54.7 Å². The van der Waals surface area contributed by atoms with Crippen LogP contribution in [0.1, 0.15) is 56.5 Å². The quantitative estimate of drug-likeness (QED) is 0.0626. The Labute approximate surface area is 348 Å². The smallest absolute Gasteiger partial charge is 0.408 e. The number of alkyl halides is 2. The van der Waals surface area contributed by atoms with Crippen molar-refractivity contribution in [2.24, 2.45) is 17.8 Å². The van der Waals surface area contributed by atoms with Crippen LogP contribution >= 0.6 is 0 Å². The van der Waals surface area contributed by atoms with Gasteiger partial charge in [0, 0.05) is 31.3 Å². The van der Waals surface area contributed by atoms with Crippen LogP contribution in [-0.4, -0.2) is 76.1 Å². The van der Waals surface area contributed by atoms with E-state index in [2.05, 4.69) is 36.6 Å². The number of ether oxygens (including phenoxy) is 1. The molecule has 0 spiro atoms. The van der Waals surface area contributed by atoms with E-state index in [-0.39, 0.29) is 38.3 Å². The van der Waals surface area contributed by atoms with E-state index in [0.717, 1.165) is 5.56 Å². The van der Waals surface area contributed by atoms with E-state index >= 15 is 8.78 Å². The molecule has 6 N–H and O–H groups in total. The third kappa shape index (κ3) is 14.7. The molecule has 14 nitrogen and oxygen atoms in total. The van der Waals surface area contributed by atoms with E-state index in [4.69, 9.17) is 4.74 Å². The molecule has 3 aromatic carbocycles. The number of carbonyl (C=O) groups is 6. The molecule has 1 aromatic heterocycles. The number of benzene rings is 3. The molecule has 0 bridgehead atoms. The standard InChI is InChI=1S/C44H53F2N7O7/c1-28(2)20-34(38(54)44(45,46)26-49-42(58)37(29(3)4)41(57)48-23-31-16-10-6-11-17-31)51-40(56)36(22-33-24-47-27-50-33)52-39(55)35(21-30-14-8-5-9-15-30)53-43(59)60-25-32-18-12-7-13-19-32/h5-19,24,27-29,34-37H,20-23,25-26H2,1-4H3,(H,47,50)(H,48,57)(H,49,58)(H,51,56)(H,52,55)(H,53,59)/t34?,35-,36-,37?/m0/s1. The third-order valence-corrected chi connectivity index (χ3v) is 9.44. The number of amides is 5. The molecule has 4 rings (SSSR count). The monoisotopic (exact) mass is 829 g/mol. The maximum absolute atomic E-state index is 15.7. The average Bonchev–Trinajstić information content (AvgIpc) is 3.74. The van der Waals surface area contributed by atoms with Crippen LogP contribution in [0.2, 0.25) is 0 Å². The molecule has 0 aliphatic carbocycles. The summed E-state index contributed by atoms with van der Waals surface area (Å²) in [4.78, 5) is 87.3. The van der Waals surface area contributed by atoms with Gasteiger partial charge in [-0.25, -0.2) is 9.78 Å². The van der Waals surface area contributed by atoms with Crippen molar-refractivity contribution in [3.05, 3.63) is 126 Å². The molecule has 0 saturated carbocycles. The first-order valence-corrected chi connectivity index (χ1v) is 19.7. The molecule has 0 aliphatic heterocycles. The highest BCUT2D eigenvalue weighted by Crippen LogP contribution is 2.21. The fourth-order valence-electron chi connectivity index (χ4n) is 6.31. The minimum absolute atomic E-state index is 0.00423. The number of Topliss-reactive ketones (excluding diaryl/α,β-unsaturated/α-hetero) is 1. The zero-order valence-corrected chi connectivity index (χ0v) is 34.1. The largest absolute Gasteiger partial charge is 0.445 e. The lowest BCUT2D eigenvalue weighted by Gasteiger charge is -2.28. The van der Waals surface area contributed by atoms with Gasteiger partial charge in [-0.3, -0.25) is 24.0 Å². The van der Waals surface area contributed by atoms with Gasteiger partial charge < -0.3 is 36.3 Å². The van der Waals surface area contributed by atoms with Crippen molar-refractivity contribution in [2.45, 2.75) is 84.2 Å². The second-order valence-electron chi connectivity index (χ2n) is 15.2. The Kier molecular flexibility index (Phi) is 17.4. The van der Waals surface area contributed by atoms with Crippen molar-refractivity contribution in [3.8, 4) is 0 Å². The first-order valence-electron chi connectivity index (χ1n) is 19.7. The van der Waals surface area contributed by atoms with Crippen LogP contribution in [0.25, 0.3) is 0 Å². The minimum atomic E-state index is -4.17. The lowest BCUT2D eigenvalue weighted by atomic mass is 9.93. The van der Waals surface area contributed by atoms with E-state index in [0.29, 0.717) is 16.8 Å². The summed E-state index contributed by atoms with van der Waals surface area (Å²) in [5, 5.41) is 12.3. The second-order valence-corrected chi connectivity index (χ2v) is 15.2. The molecule has 5 amide bonds. The highest BCUT2D eigenvalue weighted by molar-refractivity contribution is 6.01. The topological polar surface area (TPSA) is 200 Å². The van der Waals surface area contributed by atoms with Crippen LogP contribution in [0.5, 0.6) is 0 Å². The first kappa shape index (κ1) is 46.2. The Morgan fingerprint density at radius 2 is 1.20 bits per heavy atom. The van der Waals surface area contributed by atoms with E-state index in [1.54, 1.807) is 107 Å². The average molecular weight is 830 g/mol. The summed E-state index contributed by atoms with van der Waals surface area (Å²) in [5.41, 5.74) is 2.57. The summed E-state index contributed by atoms with van der Waals surface area (Å²) in [6.07, 6.45) is 1.48. The Bertz CT molecular complexity index is 2000. The molecule has 0 fully saturated rings. The predicted octanol–water partition coefficient (Wildman–Crippen LogP) is 4.41. The van der Waals surface area contributed by atoms with Crippen molar-refractivity contribution in [3.63, 3.8) is 0 Å². The molecule has 2 unspecified atom stereocenters. The molecule has 0 radical (unpaired) electrons. The first-order chi connectivity index (χ1) is 28.6. The molecular weight excluding hydrogens is 777 g/mol. The third-order valence-electron chi connectivity index (χ3n) is 9.44. The van der Waals surface area contributed by atoms with Crippen LogP contribution in [0.15, 0.2) is 104 Å². The van der Waals surface area contributed by atoms with Gasteiger partial charge in [0.2, 0.25) is 29.4 Å². The number of hydrogen-bond donors (Lipinski definition) is 6. The molecule has 0 saturated heterocycles. The highest BCUT2D eigenvalue weighted by Gasteiger charge is 2.45. The molecule has 60 heavy (non-hydrogen) atoms. The van der Waals surface area contributed by atoms with Crippen LogP contribution in [0, 0.1) is 17.8 Å². The number of ketones is 1. The van der Waals surface area contributed by atoms with E-state index in [1.807, 2.05) is 12.1 Å². The fraction of sp³-hybridized carbons (Fsp3) is 0.386. The lowest BCUT2D eigenvalue weighted by Crippen LogP contribution is -2.59. The molecule has 4 atom stereocenters. The zero-order valence-electron chi connectivity index (χ0n) is 34.1. The number of rotatable bonds is 22. The van der Waals surface area contributed by atoms with Crippen LogP contribution in [0.4, 0.5) is 13.6 Å². The number of nitrogens with one attached hydrogen (secondary N) is 6. The maximum Gasteiger partial charge on any atom is 0.408 e. The zero-order chi connectivity index (χ0) is 43.7. The summed E-state index contributed by atoms with van der Waals surface area (Å²) in [6.45, 7) is 5.17. The predicted molar refractivity (Wildman–Crippen MR) is 219 cm³/mol. The summed E-state index contributed by atoms with van der Waals surface area (Å²) in [7, 11) is 0. The number of aromatic nitrogens is 2. The van der Waals surface area contributed by atoms with E-state index in [1.165, 1.54) is 12.5 Å². The van der Waals surface area contributed by atoms with Crippen molar-refractivity contribution in [1.29, 1.82) is 0 Å². The van der Waals surface area contributed by atoms with E-state index in [9.17, 15) is 28.8 Å². The van der Waals surface area contributed by atoms with Gasteiger partial charge in [0.15, 0.2) is 0 Å². The Hall–Kier alpha value is -6.45. The van der Waals surface area contributed by atoms with Gasteiger partial charge in [0.1, 0.15) is 24.6 Å². The molecule has 0 aliphatic rings. The summed E-state index contributed by atoms with van der Waals surface area (Å²) < 4.78 is 36.8. The van der Waals surface area contributed by atoms with E-state index < -0.39 is 77.9 Å². The Morgan fingerprint density at radius 1 is 0.667 bits per heavy atom. The second kappa shape index (κ2) is 22.6. The molecule has 16 heteroatoms. The Balaban J connectivity index is 1.48. The van der Waals surface area contributed by atoms with Gasteiger partial charge in [0.25, 0.3) is 0 Å². The SMILES string of the molecule is CC(C)CC(NC(=O)[C@H](Cc1cnc[nH]1)NC(=O)[C@H](Cc1ccccc1)NC(=O)OCc1ccccc1)C(=O)C(F)(F)CNC(=O)C(C(=O)NCc1ccccc1)C(C)C. The van der Waals surface area contributed by atoms with Crippen LogP contribution < -0.4 is 26.6 Å². The number of H-pyrrole nitrogens is 1. The number of alkyl carbamates (subject to hydrolysis) is 1.